The van der Waals surface area contributed by atoms with E-state index in [4.69, 9.17) is 14.2 Å². The summed E-state index contributed by atoms with van der Waals surface area (Å²) in [5.74, 6) is 0.878. The van der Waals surface area contributed by atoms with Gasteiger partial charge in [-0.25, -0.2) is 4.98 Å². The molecular formula is C22H28N2O4S. The van der Waals surface area contributed by atoms with E-state index in [0.29, 0.717) is 19.0 Å². The van der Waals surface area contributed by atoms with Gasteiger partial charge in [0.1, 0.15) is 11.2 Å². The molecule has 1 N–H and O–H groups in total. The van der Waals surface area contributed by atoms with Gasteiger partial charge in [0.25, 0.3) is 0 Å². The summed E-state index contributed by atoms with van der Waals surface area (Å²) in [6.07, 6.45) is 0.776. The second-order valence-corrected chi connectivity index (χ2v) is 10.1. The lowest BCUT2D eigenvalue weighted by Gasteiger charge is -2.54. The quantitative estimate of drug-likeness (QED) is 0.806. The Labute approximate surface area is 175 Å². The monoisotopic (exact) mass is 416 g/mol. The smallest absolute Gasteiger partial charge is 0.167 e. The first-order chi connectivity index (χ1) is 13.9. The molecule has 2 aromatic rings. The van der Waals surface area contributed by atoms with E-state index in [-0.39, 0.29) is 23.4 Å². The van der Waals surface area contributed by atoms with Crippen molar-refractivity contribution >= 4 is 11.3 Å². The number of rotatable bonds is 2. The number of fused-ring (bicyclic) bond motifs is 3. The minimum atomic E-state index is -0.457. The van der Waals surface area contributed by atoms with Crippen LogP contribution in [0.5, 0.6) is 11.5 Å². The van der Waals surface area contributed by atoms with Crippen LogP contribution in [0.4, 0.5) is 0 Å². The normalized spacial score (nSPS) is 31.1. The number of hydrogen-bond acceptors (Lipinski definition) is 7. The third kappa shape index (κ3) is 3.44. The van der Waals surface area contributed by atoms with Crippen LogP contribution in [0.2, 0.25) is 0 Å². The van der Waals surface area contributed by atoms with E-state index in [0.717, 1.165) is 42.3 Å². The number of aryl methyl sites for hydroxylation is 1. The van der Waals surface area contributed by atoms with Crippen LogP contribution in [0.25, 0.3) is 0 Å². The summed E-state index contributed by atoms with van der Waals surface area (Å²) in [5.41, 5.74) is 1.28. The van der Waals surface area contributed by atoms with Gasteiger partial charge in [-0.15, -0.1) is 11.3 Å². The van der Waals surface area contributed by atoms with Gasteiger partial charge in [0, 0.05) is 36.5 Å². The van der Waals surface area contributed by atoms with Crippen LogP contribution < -0.4 is 4.74 Å². The van der Waals surface area contributed by atoms with E-state index in [1.807, 2.05) is 19.1 Å². The van der Waals surface area contributed by atoms with Gasteiger partial charge in [0.15, 0.2) is 11.5 Å². The Kier molecular flexibility index (Phi) is 4.62. The molecule has 29 heavy (non-hydrogen) atoms. The minimum Gasteiger partial charge on any atom is -0.504 e. The molecular weight excluding hydrogens is 388 g/mol. The Morgan fingerprint density at radius 1 is 1.34 bits per heavy atom. The molecule has 1 aromatic heterocycles. The molecule has 1 aromatic carbocycles. The minimum absolute atomic E-state index is 0.0911. The summed E-state index contributed by atoms with van der Waals surface area (Å²) < 4.78 is 19.1. The number of thiazole rings is 1. The third-order valence-electron chi connectivity index (χ3n) is 6.45. The largest absolute Gasteiger partial charge is 0.504 e. The second kappa shape index (κ2) is 6.94. The molecule has 1 spiro atoms. The molecule has 5 rings (SSSR count). The number of nitrogens with zero attached hydrogens (tertiary/aromatic N) is 2. The SMILES string of the molecule is Cc1nc(CN2CCO[C@@]3(CO[C@@H]4c5cccc(O)c5OC(C)(C)[C@H]4C3)C2)cs1. The van der Waals surface area contributed by atoms with Gasteiger partial charge in [0.2, 0.25) is 0 Å². The Morgan fingerprint density at radius 2 is 2.21 bits per heavy atom. The number of aromatic nitrogens is 1. The standard InChI is InChI=1S/C22H28N2O4S/c1-14-23-15(11-29-14)10-24-7-8-27-22(12-24)9-17-19(26-13-22)16-5-4-6-18(25)20(16)28-21(17,2)3/h4-6,11,17,19,25H,7-10,12-13H2,1-3H3/t17-,19+,22+/m0/s1. The predicted octanol–water partition coefficient (Wildman–Crippen LogP) is 3.68. The van der Waals surface area contributed by atoms with Crippen molar-refractivity contribution in [1.29, 1.82) is 0 Å². The molecule has 3 aliphatic rings. The average molecular weight is 417 g/mol. The zero-order chi connectivity index (χ0) is 20.2. The number of hydrogen-bond donors (Lipinski definition) is 1. The van der Waals surface area contributed by atoms with E-state index >= 15 is 0 Å². The Hall–Kier alpha value is -1.67. The van der Waals surface area contributed by atoms with E-state index in [1.54, 1.807) is 17.4 Å². The lowest BCUT2D eigenvalue weighted by molar-refractivity contribution is -0.231. The van der Waals surface area contributed by atoms with Crippen LogP contribution in [0.3, 0.4) is 0 Å². The van der Waals surface area contributed by atoms with Crippen LogP contribution in [0.1, 0.15) is 42.6 Å². The van der Waals surface area contributed by atoms with Gasteiger partial charge in [-0.1, -0.05) is 12.1 Å². The number of para-hydroxylation sites is 1. The van der Waals surface area contributed by atoms with Gasteiger partial charge in [0.05, 0.1) is 30.0 Å². The van der Waals surface area contributed by atoms with Crippen LogP contribution in [-0.2, 0) is 16.0 Å². The van der Waals surface area contributed by atoms with Crippen molar-refractivity contribution in [2.24, 2.45) is 5.92 Å². The lowest BCUT2D eigenvalue weighted by atomic mass is 9.71. The maximum atomic E-state index is 10.3. The van der Waals surface area contributed by atoms with E-state index in [1.165, 1.54) is 0 Å². The summed E-state index contributed by atoms with van der Waals surface area (Å²) in [5, 5.41) is 13.5. The zero-order valence-corrected chi connectivity index (χ0v) is 18.0. The topological polar surface area (TPSA) is 64.1 Å². The first kappa shape index (κ1) is 19.3. The fourth-order valence-electron chi connectivity index (χ4n) is 5.04. The summed E-state index contributed by atoms with van der Waals surface area (Å²) in [4.78, 5) is 7.05. The van der Waals surface area contributed by atoms with Crippen molar-refractivity contribution in [1.82, 2.24) is 9.88 Å². The Morgan fingerprint density at radius 3 is 3.00 bits per heavy atom. The molecule has 3 atom stereocenters. The van der Waals surface area contributed by atoms with E-state index in [9.17, 15) is 5.11 Å². The van der Waals surface area contributed by atoms with Crippen molar-refractivity contribution in [3.05, 3.63) is 39.8 Å². The molecule has 156 valence electrons. The van der Waals surface area contributed by atoms with Gasteiger partial charge >= 0.3 is 0 Å². The first-order valence-electron chi connectivity index (χ1n) is 10.3. The summed E-state index contributed by atoms with van der Waals surface area (Å²) in [6, 6.07) is 5.52. The fourth-order valence-corrected chi connectivity index (χ4v) is 5.64. The number of morpholine rings is 1. The molecule has 4 heterocycles. The number of phenols is 1. The van der Waals surface area contributed by atoms with Crippen LogP contribution >= 0.6 is 11.3 Å². The molecule has 0 bridgehead atoms. The van der Waals surface area contributed by atoms with Crippen molar-refractivity contribution in [2.75, 3.05) is 26.3 Å². The van der Waals surface area contributed by atoms with Crippen molar-refractivity contribution in [3.63, 3.8) is 0 Å². The molecule has 2 saturated heterocycles. The highest BCUT2D eigenvalue weighted by atomic mass is 32.1. The third-order valence-corrected chi connectivity index (χ3v) is 7.27. The van der Waals surface area contributed by atoms with Gasteiger partial charge in [-0.3, -0.25) is 4.90 Å². The predicted molar refractivity (Wildman–Crippen MR) is 110 cm³/mol. The molecule has 0 aliphatic carbocycles. The highest BCUT2D eigenvalue weighted by Crippen LogP contribution is 2.54. The van der Waals surface area contributed by atoms with Gasteiger partial charge in [-0.05, 0) is 33.3 Å². The molecule has 0 radical (unpaired) electrons. The van der Waals surface area contributed by atoms with Crippen molar-refractivity contribution in [3.8, 4) is 11.5 Å². The first-order valence-corrected chi connectivity index (χ1v) is 11.1. The average Bonchev–Trinajstić information content (AvgIpc) is 3.08. The summed E-state index contributed by atoms with van der Waals surface area (Å²) in [7, 11) is 0. The van der Waals surface area contributed by atoms with Gasteiger partial charge < -0.3 is 19.3 Å². The lowest BCUT2D eigenvalue weighted by Crippen LogP contribution is -2.61. The molecule has 0 unspecified atom stereocenters. The van der Waals surface area contributed by atoms with E-state index < -0.39 is 5.60 Å². The maximum Gasteiger partial charge on any atom is 0.167 e. The maximum absolute atomic E-state index is 10.3. The summed E-state index contributed by atoms with van der Waals surface area (Å²) in [6.45, 7) is 10.0. The van der Waals surface area contributed by atoms with Crippen molar-refractivity contribution < 1.29 is 19.3 Å². The molecule has 3 aliphatic heterocycles. The number of ether oxygens (including phenoxy) is 3. The second-order valence-electron chi connectivity index (χ2n) is 9.04. The number of aromatic hydroxyl groups is 1. The number of phenolic OH excluding ortho intramolecular Hbond substituents is 1. The van der Waals surface area contributed by atoms with Crippen LogP contribution in [0, 0.1) is 12.8 Å². The Bertz CT molecular complexity index is 914. The fraction of sp³-hybridized carbons (Fsp3) is 0.591. The molecule has 0 saturated carbocycles. The van der Waals surface area contributed by atoms with Crippen LogP contribution in [-0.4, -0.2) is 52.5 Å². The molecule has 0 amide bonds. The highest BCUT2D eigenvalue weighted by Gasteiger charge is 2.54. The van der Waals surface area contributed by atoms with Gasteiger partial charge in [-0.2, -0.15) is 0 Å². The highest BCUT2D eigenvalue weighted by molar-refractivity contribution is 7.09. The van der Waals surface area contributed by atoms with Crippen LogP contribution in [0.15, 0.2) is 23.6 Å². The Balaban J connectivity index is 1.38. The molecule has 7 heteroatoms. The summed E-state index contributed by atoms with van der Waals surface area (Å²) >= 11 is 1.70. The molecule has 2 fully saturated rings. The van der Waals surface area contributed by atoms with Crippen molar-refractivity contribution in [2.45, 2.75) is 51.0 Å². The zero-order valence-electron chi connectivity index (χ0n) is 17.2. The molecule has 6 nitrogen and oxygen atoms in total. The number of benzene rings is 1. The van der Waals surface area contributed by atoms with E-state index in [2.05, 4.69) is 29.1 Å².